The van der Waals surface area contributed by atoms with Gasteiger partial charge in [-0.3, -0.25) is 19.5 Å². The summed E-state index contributed by atoms with van der Waals surface area (Å²) in [7, 11) is 1.97. The lowest BCUT2D eigenvalue weighted by Gasteiger charge is -2.20. The summed E-state index contributed by atoms with van der Waals surface area (Å²) in [6.45, 7) is 9.43. The van der Waals surface area contributed by atoms with Gasteiger partial charge in [0, 0.05) is 31.4 Å². The molecule has 28 heavy (non-hydrogen) atoms. The number of nitrogens with two attached hydrogens (primary N) is 1. The summed E-state index contributed by atoms with van der Waals surface area (Å²) in [5.41, 5.74) is 9.41. The highest BCUT2D eigenvalue weighted by Crippen LogP contribution is 2.29. The van der Waals surface area contributed by atoms with E-state index in [1.54, 1.807) is 4.57 Å². The lowest BCUT2D eigenvalue weighted by Crippen LogP contribution is -2.26. The van der Waals surface area contributed by atoms with Crippen LogP contribution in [0.25, 0.3) is 22.2 Å². The largest absolute Gasteiger partial charge is 0.382 e. The number of nitrogen functional groups attached to an aromatic ring is 1. The molecule has 0 spiro atoms. The lowest BCUT2D eigenvalue weighted by atomic mass is 10.0. The minimum absolute atomic E-state index is 0.0396. The Morgan fingerprint density at radius 2 is 1.96 bits per heavy atom. The van der Waals surface area contributed by atoms with Crippen molar-refractivity contribution in [3.8, 4) is 11.3 Å². The van der Waals surface area contributed by atoms with Gasteiger partial charge in [0.15, 0.2) is 5.82 Å². The minimum Gasteiger partial charge on any atom is -0.382 e. The maximum Gasteiger partial charge on any atom is 0.264 e. The van der Waals surface area contributed by atoms with E-state index in [2.05, 4.69) is 41.9 Å². The number of hydrogen-bond acceptors (Lipinski definition) is 5. The number of hydrogen-bond donors (Lipinski definition) is 2. The van der Waals surface area contributed by atoms with E-state index in [4.69, 9.17) is 10.8 Å². The predicted octanol–water partition coefficient (Wildman–Crippen LogP) is 2.52. The van der Waals surface area contributed by atoms with E-state index in [1.807, 2.05) is 17.9 Å². The number of pyridine rings is 1. The van der Waals surface area contributed by atoms with Crippen LogP contribution in [-0.4, -0.2) is 42.5 Å². The van der Waals surface area contributed by atoms with Crippen molar-refractivity contribution in [1.82, 2.24) is 29.4 Å². The molecular weight excluding hydrogens is 354 g/mol. The standard InChI is InChI=1S/C20H29N7O/c1-12(2)13(3)27-11-15(18-17(20(27)28)19(21)23-22-18)16-9-14(25(4)24-16)10-26-7-5-6-8-26/h9,11-13H,5-8,10H2,1-4H3,(H3,21,22,23). The summed E-state index contributed by atoms with van der Waals surface area (Å²) in [5.74, 6) is 0.547. The number of H-pyrrole nitrogens is 1. The molecular formula is C20H29N7O. The Morgan fingerprint density at radius 1 is 1.25 bits per heavy atom. The van der Waals surface area contributed by atoms with Crippen LogP contribution in [0.1, 0.15) is 45.3 Å². The Kier molecular flexibility index (Phi) is 4.74. The van der Waals surface area contributed by atoms with Gasteiger partial charge in [0.25, 0.3) is 5.56 Å². The van der Waals surface area contributed by atoms with Gasteiger partial charge in [-0.2, -0.15) is 10.2 Å². The molecule has 4 heterocycles. The summed E-state index contributed by atoms with van der Waals surface area (Å²) in [4.78, 5) is 15.5. The van der Waals surface area contributed by atoms with E-state index >= 15 is 0 Å². The smallest absolute Gasteiger partial charge is 0.264 e. The van der Waals surface area contributed by atoms with Crippen LogP contribution in [0.3, 0.4) is 0 Å². The van der Waals surface area contributed by atoms with E-state index < -0.39 is 0 Å². The molecule has 1 aliphatic heterocycles. The maximum atomic E-state index is 13.0. The molecule has 8 nitrogen and oxygen atoms in total. The fourth-order valence-corrected chi connectivity index (χ4v) is 3.93. The molecule has 0 radical (unpaired) electrons. The van der Waals surface area contributed by atoms with Gasteiger partial charge in [0.1, 0.15) is 5.39 Å². The Bertz CT molecular complexity index is 1050. The third kappa shape index (κ3) is 3.11. The molecule has 3 aromatic rings. The fraction of sp³-hybridized carbons (Fsp3) is 0.550. The average molecular weight is 384 g/mol. The van der Waals surface area contributed by atoms with Crippen LogP contribution in [0.15, 0.2) is 17.1 Å². The quantitative estimate of drug-likeness (QED) is 0.705. The molecule has 3 N–H and O–H groups in total. The number of nitrogens with zero attached hydrogens (tertiary/aromatic N) is 5. The Balaban J connectivity index is 1.84. The predicted molar refractivity (Wildman–Crippen MR) is 111 cm³/mol. The van der Waals surface area contributed by atoms with Crippen LogP contribution in [0.5, 0.6) is 0 Å². The number of anilines is 1. The van der Waals surface area contributed by atoms with Crippen LogP contribution in [0.4, 0.5) is 5.82 Å². The second-order valence-corrected chi connectivity index (χ2v) is 8.23. The van der Waals surface area contributed by atoms with Crippen molar-refractivity contribution in [2.75, 3.05) is 18.8 Å². The molecule has 0 aromatic carbocycles. The van der Waals surface area contributed by atoms with E-state index in [-0.39, 0.29) is 17.4 Å². The molecule has 8 heteroatoms. The summed E-state index contributed by atoms with van der Waals surface area (Å²) in [5, 5.41) is 12.2. The van der Waals surface area contributed by atoms with Crippen molar-refractivity contribution < 1.29 is 0 Å². The SMILES string of the molecule is CC(C)C(C)n1cc(-c2cc(CN3CCCC3)n(C)n2)c2[nH]nc(N)c2c1=O. The number of aryl methyl sites for hydroxylation is 1. The molecule has 4 rings (SSSR count). The fourth-order valence-electron chi connectivity index (χ4n) is 3.93. The Labute approximate surface area is 164 Å². The van der Waals surface area contributed by atoms with Gasteiger partial charge in [-0.15, -0.1) is 0 Å². The third-order valence-corrected chi connectivity index (χ3v) is 6.02. The van der Waals surface area contributed by atoms with Crippen LogP contribution in [-0.2, 0) is 13.6 Å². The van der Waals surface area contributed by atoms with Crippen LogP contribution >= 0.6 is 0 Å². The Morgan fingerprint density at radius 3 is 2.64 bits per heavy atom. The number of aromatic amines is 1. The number of likely N-dealkylation sites (tertiary alicyclic amines) is 1. The highest BCUT2D eigenvalue weighted by Gasteiger charge is 2.22. The van der Waals surface area contributed by atoms with Crippen molar-refractivity contribution in [2.24, 2.45) is 13.0 Å². The normalized spacial score (nSPS) is 16.5. The first-order chi connectivity index (χ1) is 13.4. The molecule has 150 valence electrons. The zero-order chi connectivity index (χ0) is 20.0. The van der Waals surface area contributed by atoms with E-state index in [1.165, 1.54) is 12.8 Å². The number of aromatic nitrogens is 5. The first-order valence-corrected chi connectivity index (χ1v) is 10.0. The summed E-state index contributed by atoms with van der Waals surface area (Å²) in [6.07, 6.45) is 4.42. The van der Waals surface area contributed by atoms with Crippen molar-refractivity contribution in [3.63, 3.8) is 0 Å². The highest BCUT2D eigenvalue weighted by atomic mass is 16.1. The topological polar surface area (TPSA) is 97.8 Å². The van der Waals surface area contributed by atoms with Gasteiger partial charge < -0.3 is 10.3 Å². The van der Waals surface area contributed by atoms with Crippen molar-refractivity contribution in [1.29, 1.82) is 0 Å². The van der Waals surface area contributed by atoms with Crippen molar-refractivity contribution in [3.05, 3.63) is 28.3 Å². The molecule has 0 saturated carbocycles. The van der Waals surface area contributed by atoms with E-state index in [9.17, 15) is 4.79 Å². The van der Waals surface area contributed by atoms with E-state index in [0.29, 0.717) is 16.8 Å². The zero-order valence-corrected chi connectivity index (χ0v) is 17.1. The van der Waals surface area contributed by atoms with Gasteiger partial charge in [-0.25, -0.2) is 0 Å². The molecule has 1 fully saturated rings. The lowest BCUT2D eigenvalue weighted by molar-refractivity contribution is 0.321. The summed E-state index contributed by atoms with van der Waals surface area (Å²) >= 11 is 0. The first-order valence-electron chi connectivity index (χ1n) is 10.0. The average Bonchev–Trinajstić information content (AvgIpc) is 3.37. The second kappa shape index (κ2) is 7.09. The highest BCUT2D eigenvalue weighted by molar-refractivity contribution is 5.97. The van der Waals surface area contributed by atoms with Crippen molar-refractivity contribution >= 4 is 16.7 Å². The third-order valence-electron chi connectivity index (χ3n) is 6.02. The maximum absolute atomic E-state index is 13.0. The molecule has 0 bridgehead atoms. The van der Waals surface area contributed by atoms with Gasteiger partial charge in [-0.1, -0.05) is 13.8 Å². The molecule has 1 atom stereocenters. The monoisotopic (exact) mass is 383 g/mol. The summed E-state index contributed by atoms with van der Waals surface area (Å²) in [6, 6.07) is 2.15. The van der Waals surface area contributed by atoms with Gasteiger partial charge in [-0.05, 0) is 44.8 Å². The van der Waals surface area contributed by atoms with Gasteiger partial charge >= 0.3 is 0 Å². The van der Waals surface area contributed by atoms with Gasteiger partial charge in [0.2, 0.25) is 0 Å². The van der Waals surface area contributed by atoms with Crippen molar-refractivity contribution in [2.45, 2.75) is 46.2 Å². The van der Waals surface area contributed by atoms with Gasteiger partial charge in [0.05, 0.1) is 16.9 Å². The van der Waals surface area contributed by atoms with Crippen LogP contribution in [0, 0.1) is 5.92 Å². The number of nitrogens with one attached hydrogen (secondary N) is 1. The van der Waals surface area contributed by atoms with Crippen LogP contribution < -0.4 is 11.3 Å². The zero-order valence-electron chi connectivity index (χ0n) is 17.1. The minimum atomic E-state index is -0.112. The molecule has 0 amide bonds. The second-order valence-electron chi connectivity index (χ2n) is 8.23. The Hall–Kier alpha value is -2.61. The molecule has 0 aliphatic carbocycles. The number of fused-ring (bicyclic) bond motifs is 1. The molecule has 1 saturated heterocycles. The van der Waals surface area contributed by atoms with E-state index in [0.717, 1.165) is 36.6 Å². The molecule has 1 aliphatic rings. The van der Waals surface area contributed by atoms with Crippen LogP contribution in [0.2, 0.25) is 0 Å². The molecule has 1 unspecified atom stereocenters. The first kappa shape index (κ1) is 18.7. The molecule has 3 aromatic heterocycles. The summed E-state index contributed by atoms with van der Waals surface area (Å²) < 4.78 is 3.70. The number of rotatable bonds is 5.